The van der Waals surface area contributed by atoms with Crippen molar-refractivity contribution in [3.63, 3.8) is 0 Å². The third-order valence-corrected chi connectivity index (χ3v) is 5.20. The van der Waals surface area contributed by atoms with Gasteiger partial charge in [0.1, 0.15) is 12.4 Å². The second kappa shape index (κ2) is 7.95. The van der Waals surface area contributed by atoms with Crippen molar-refractivity contribution < 1.29 is 4.79 Å². The molecule has 25 heavy (non-hydrogen) atoms. The predicted molar refractivity (Wildman–Crippen MR) is 101 cm³/mol. The van der Waals surface area contributed by atoms with Crippen molar-refractivity contribution >= 4 is 18.1 Å². The van der Waals surface area contributed by atoms with E-state index < -0.39 is 0 Å². The summed E-state index contributed by atoms with van der Waals surface area (Å²) >= 11 is 5.32. The molecule has 1 aliphatic heterocycles. The Kier molecular flexibility index (Phi) is 5.68. The van der Waals surface area contributed by atoms with Gasteiger partial charge in [0, 0.05) is 13.0 Å². The summed E-state index contributed by atoms with van der Waals surface area (Å²) in [6, 6.07) is 8.71. The van der Waals surface area contributed by atoms with E-state index in [0.29, 0.717) is 4.77 Å². The number of H-pyrrole nitrogens is 1. The third kappa shape index (κ3) is 4.00. The zero-order chi connectivity index (χ0) is 17.8. The minimum Gasteiger partial charge on any atom is -0.334 e. The molecule has 1 aromatic carbocycles. The summed E-state index contributed by atoms with van der Waals surface area (Å²) in [6.45, 7) is 5.27. The number of aromatic nitrogens is 3. The Labute approximate surface area is 154 Å². The molecule has 0 bridgehead atoms. The van der Waals surface area contributed by atoms with E-state index in [4.69, 9.17) is 12.2 Å². The first-order chi connectivity index (χ1) is 12.1. The second-order valence-electron chi connectivity index (χ2n) is 6.79. The van der Waals surface area contributed by atoms with Crippen molar-refractivity contribution in [2.45, 2.75) is 58.5 Å². The smallest absolute Gasteiger partial charge is 0.243 e. The summed E-state index contributed by atoms with van der Waals surface area (Å²) in [6.07, 6.45) is 5.04. The molecule has 1 fully saturated rings. The molecule has 5 nitrogen and oxygen atoms in total. The lowest BCUT2D eigenvalue weighted by atomic mass is 9.94. The van der Waals surface area contributed by atoms with Gasteiger partial charge in [-0.1, -0.05) is 36.8 Å². The largest absolute Gasteiger partial charge is 0.334 e. The van der Waals surface area contributed by atoms with Crippen molar-refractivity contribution in [3.8, 4) is 0 Å². The first-order valence-corrected chi connectivity index (χ1v) is 9.51. The Hall–Kier alpha value is -1.95. The van der Waals surface area contributed by atoms with Crippen molar-refractivity contribution in [2.24, 2.45) is 0 Å². The van der Waals surface area contributed by atoms with Crippen LogP contribution in [0.1, 0.15) is 55.6 Å². The summed E-state index contributed by atoms with van der Waals surface area (Å²) in [5.41, 5.74) is 2.47. The fourth-order valence-corrected chi connectivity index (χ4v) is 3.73. The van der Waals surface area contributed by atoms with Crippen molar-refractivity contribution in [2.75, 3.05) is 6.54 Å². The van der Waals surface area contributed by atoms with Crippen LogP contribution in [0.15, 0.2) is 24.3 Å². The number of carbonyl (C=O) groups is 1. The zero-order valence-electron chi connectivity index (χ0n) is 15.0. The van der Waals surface area contributed by atoms with Crippen LogP contribution in [-0.2, 0) is 17.8 Å². The number of hydrogen-bond donors (Lipinski definition) is 1. The van der Waals surface area contributed by atoms with Crippen LogP contribution in [0.4, 0.5) is 0 Å². The second-order valence-corrected chi connectivity index (χ2v) is 7.18. The number of aryl methyl sites for hydroxylation is 2. The summed E-state index contributed by atoms with van der Waals surface area (Å²) < 4.78 is 2.38. The normalized spacial score (nSPS) is 17.7. The molecule has 1 N–H and O–H groups in total. The number of nitrogens with zero attached hydrogens (tertiary/aromatic N) is 3. The monoisotopic (exact) mass is 358 g/mol. The highest BCUT2D eigenvalue weighted by Gasteiger charge is 2.28. The lowest BCUT2D eigenvalue weighted by Gasteiger charge is -2.36. The molecule has 0 spiro atoms. The van der Waals surface area contributed by atoms with E-state index in [0.717, 1.165) is 44.5 Å². The van der Waals surface area contributed by atoms with Gasteiger partial charge < -0.3 is 4.90 Å². The average molecular weight is 359 g/mol. The van der Waals surface area contributed by atoms with Crippen LogP contribution in [0, 0.1) is 11.7 Å². The highest BCUT2D eigenvalue weighted by atomic mass is 32.1. The fraction of sp³-hybridized carbons (Fsp3) is 0.526. The molecule has 1 aromatic heterocycles. The van der Waals surface area contributed by atoms with Gasteiger partial charge in [-0.15, -0.1) is 0 Å². The van der Waals surface area contributed by atoms with Gasteiger partial charge in [0.25, 0.3) is 0 Å². The highest BCUT2D eigenvalue weighted by Crippen LogP contribution is 2.31. The van der Waals surface area contributed by atoms with E-state index in [2.05, 4.69) is 48.3 Å². The summed E-state index contributed by atoms with van der Waals surface area (Å²) in [5, 5.41) is 7.09. The fourth-order valence-electron chi connectivity index (χ4n) is 3.52. The standard InChI is InChI=1S/C19H26N4OS/c1-3-6-17-20-21-19(25)23(17)13-18(24)22-12-5-4-7-16(22)15-10-8-14(2)9-11-15/h8-11,16H,3-7,12-13H2,1-2H3,(H,21,25)/t16-/m0/s1. The Morgan fingerprint density at radius 3 is 2.80 bits per heavy atom. The summed E-state index contributed by atoms with van der Waals surface area (Å²) in [7, 11) is 0. The maximum Gasteiger partial charge on any atom is 0.243 e. The van der Waals surface area contributed by atoms with Gasteiger partial charge in [-0.25, -0.2) is 0 Å². The first-order valence-electron chi connectivity index (χ1n) is 9.10. The van der Waals surface area contributed by atoms with Gasteiger partial charge in [0.15, 0.2) is 4.77 Å². The number of carbonyl (C=O) groups excluding carboxylic acids is 1. The van der Waals surface area contributed by atoms with Gasteiger partial charge in [0.05, 0.1) is 6.04 Å². The highest BCUT2D eigenvalue weighted by molar-refractivity contribution is 7.71. The van der Waals surface area contributed by atoms with Crippen molar-refractivity contribution in [1.29, 1.82) is 0 Å². The average Bonchev–Trinajstić information content (AvgIpc) is 2.96. The molecule has 134 valence electrons. The predicted octanol–water partition coefficient (Wildman–Crippen LogP) is 3.96. The number of nitrogens with one attached hydrogen (secondary N) is 1. The molecule has 0 saturated carbocycles. The Morgan fingerprint density at radius 2 is 2.08 bits per heavy atom. The van der Waals surface area contributed by atoms with Crippen LogP contribution in [0.25, 0.3) is 0 Å². The number of amides is 1. The molecule has 2 heterocycles. The Morgan fingerprint density at radius 1 is 1.32 bits per heavy atom. The van der Waals surface area contributed by atoms with Crippen LogP contribution >= 0.6 is 12.2 Å². The molecule has 1 aliphatic rings. The number of benzene rings is 1. The van der Waals surface area contributed by atoms with E-state index in [1.807, 2.05) is 9.47 Å². The van der Waals surface area contributed by atoms with E-state index in [1.54, 1.807) is 0 Å². The van der Waals surface area contributed by atoms with Crippen molar-refractivity contribution in [1.82, 2.24) is 19.7 Å². The van der Waals surface area contributed by atoms with Gasteiger partial charge in [-0.3, -0.25) is 14.5 Å². The molecular formula is C19H26N4OS. The van der Waals surface area contributed by atoms with Crippen molar-refractivity contribution in [3.05, 3.63) is 46.0 Å². The molecule has 6 heteroatoms. The minimum absolute atomic E-state index is 0.125. The van der Waals surface area contributed by atoms with E-state index in [1.165, 1.54) is 11.1 Å². The maximum absolute atomic E-state index is 13.0. The Bertz CT molecular complexity index is 777. The van der Waals surface area contributed by atoms with Gasteiger partial charge in [-0.2, -0.15) is 5.10 Å². The molecule has 2 aromatic rings. The summed E-state index contributed by atoms with van der Waals surface area (Å²) in [5.74, 6) is 0.991. The topological polar surface area (TPSA) is 53.9 Å². The van der Waals surface area contributed by atoms with Crippen LogP contribution in [0.2, 0.25) is 0 Å². The molecule has 1 amide bonds. The zero-order valence-corrected chi connectivity index (χ0v) is 15.8. The number of piperidine rings is 1. The number of hydrogen-bond acceptors (Lipinski definition) is 3. The molecule has 0 aliphatic carbocycles. The van der Waals surface area contributed by atoms with Gasteiger partial charge >= 0.3 is 0 Å². The van der Waals surface area contributed by atoms with E-state index >= 15 is 0 Å². The molecule has 3 rings (SSSR count). The molecule has 0 unspecified atom stereocenters. The third-order valence-electron chi connectivity index (χ3n) is 4.89. The number of aromatic amines is 1. The van der Waals surface area contributed by atoms with Crippen LogP contribution in [0.3, 0.4) is 0 Å². The van der Waals surface area contributed by atoms with Gasteiger partial charge in [0.2, 0.25) is 5.91 Å². The first kappa shape index (κ1) is 17.9. The SMILES string of the molecule is CCCc1n[nH]c(=S)n1CC(=O)N1CCCC[C@H]1c1ccc(C)cc1. The van der Waals surface area contributed by atoms with Crippen LogP contribution in [0.5, 0.6) is 0 Å². The molecular weight excluding hydrogens is 332 g/mol. The minimum atomic E-state index is 0.125. The lowest BCUT2D eigenvalue weighted by Crippen LogP contribution is -2.40. The van der Waals surface area contributed by atoms with Gasteiger partial charge in [-0.05, 0) is 50.4 Å². The Balaban J connectivity index is 1.81. The van der Waals surface area contributed by atoms with Crippen LogP contribution in [-0.4, -0.2) is 32.1 Å². The number of likely N-dealkylation sites (tertiary alicyclic amines) is 1. The summed E-state index contributed by atoms with van der Waals surface area (Å²) in [4.78, 5) is 15.1. The maximum atomic E-state index is 13.0. The molecule has 1 atom stereocenters. The molecule has 1 saturated heterocycles. The van der Waals surface area contributed by atoms with E-state index in [-0.39, 0.29) is 18.5 Å². The van der Waals surface area contributed by atoms with E-state index in [9.17, 15) is 4.79 Å². The number of rotatable bonds is 5. The van der Waals surface area contributed by atoms with Crippen LogP contribution < -0.4 is 0 Å². The lowest BCUT2D eigenvalue weighted by molar-refractivity contribution is -0.135. The molecule has 0 radical (unpaired) electrons. The quantitative estimate of drug-likeness (QED) is 0.823.